The third-order valence-electron chi connectivity index (χ3n) is 3.65. The summed E-state index contributed by atoms with van der Waals surface area (Å²) in [6.45, 7) is 1.80. The second kappa shape index (κ2) is 4.31. The lowest BCUT2D eigenvalue weighted by molar-refractivity contribution is -0.127. The summed E-state index contributed by atoms with van der Waals surface area (Å²) in [7, 11) is 0. The molecule has 2 fully saturated rings. The molecule has 2 N–H and O–H groups in total. The maximum absolute atomic E-state index is 11.4. The largest absolute Gasteiger partial charge is 0.368 e. The second-order valence-corrected chi connectivity index (χ2v) is 4.59. The van der Waals surface area contributed by atoms with Crippen LogP contribution in [-0.4, -0.2) is 35.7 Å². The van der Waals surface area contributed by atoms with E-state index in [2.05, 4.69) is 4.90 Å². The molecule has 1 saturated carbocycles. The van der Waals surface area contributed by atoms with E-state index in [1.54, 1.807) is 0 Å². The molecule has 1 heterocycles. The highest BCUT2D eigenvalue weighted by atomic mass is 16.1. The molecule has 4 nitrogen and oxygen atoms in total. The molecule has 0 aromatic rings. The topological polar surface area (TPSA) is 63.4 Å². The maximum Gasteiger partial charge on any atom is 0.234 e. The zero-order chi connectivity index (χ0) is 10.8. The fourth-order valence-corrected chi connectivity index (χ4v) is 2.55. The van der Waals surface area contributed by atoms with Crippen molar-refractivity contribution in [3.63, 3.8) is 0 Å². The SMILES string of the molecule is NC(=O)C1CCN1CCC1CCCC1=O. The number of primary amides is 1. The van der Waals surface area contributed by atoms with Crippen molar-refractivity contribution in [3.05, 3.63) is 0 Å². The van der Waals surface area contributed by atoms with Crippen LogP contribution in [0.4, 0.5) is 0 Å². The van der Waals surface area contributed by atoms with Crippen LogP contribution in [0.3, 0.4) is 0 Å². The lowest BCUT2D eigenvalue weighted by Crippen LogP contribution is -2.55. The Kier molecular flexibility index (Phi) is 3.05. The molecule has 0 spiro atoms. The second-order valence-electron chi connectivity index (χ2n) is 4.59. The third kappa shape index (κ3) is 2.20. The molecular formula is C11H18N2O2. The Bertz CT molecular complexity index is 278. The number of hydrogen-bond donors (Lipinski definition) is 1. The highest BCUT2D eigenvalue weighted by molar-refractivity contribution is 5.83. The van der Waals surface area contributed by atoms with E-state index in [-0.39, 0.29) is 17.9 Å². The van der Waals surface area contributed by atoms with Crippen molar-refractivity contribution in [2.75, 3.05) is 13.1 Å². The van der Waals surface area contributed by atoms with E-state index >= 15 is 0 Å². The van der Waals surface area contributed by atoms with Crippen molar-refractivity contribution in [1.29, 1.82) is 0 Å². The van der Waals surface area contributed by atoms with Gasteiger partial charge in [-0.1, -0.05) is 0 Å². The molecule has 2 unspecified atom stereocenters. The number of likely N-dealkylation sites (tertiary alicyclic amines) is 1. The number of carbonyl (C=O) groups is 2. The van der Waals surface area contributed by atoms with Crippen LogP contribution < -0.4 is 5.73 Å². The molecule has 4 heteroatoms. The summed E-state index contributed by atoms with van der Waals surface area (Å²) < 4.78 is 0. The standard InChI is InChI=1S/C11H18N2O2/c12-11(15)9-5-7-13(9)6-4-8-2-1-3-10(8)14/h8-9H,1-7H2,(H2,12,15). The van der Waals surface area contributed by atoms with E-state index in [4.69, 9.17) is 5.73 Å². The van der Waals surface area contributed by atoms with E-state index in [0.29, 0.717) is 5.78 Å². The van der Waals surface area contributed by atoms with Crippen molar-refractivity contribution in [3.8, 4) is 0 Å². The Morgan fingerprint density at radius 3 is 2.73 bits per heavy atom. The van der Waals surface area contributed by atoms with Gasteiger partial charge < -0.3 is 5.73 Å². The molecule has 0 aromatic carbocycles. The van der Waals surface area contributed by atoms with Gasteiger partial charge in [-0.05, 0) is 32.2 Å². The molecule has 1 saturated heterocycles. The van der Waals surface area contributed by atoms with Crippen LogP contribution in [0.1, 0.15) is 32.1 Å². The first kappa shape index (κ1) is 10.6. The summed E-state index contributed by atoms with van der Waals surface area (Å²) in [6.07, 6.45) is 4.62. The number of amides is 1. The first-order chi connectivity index (χ1) is 7.18. The molecule has 2 aliphatic rings. The van der Waals surface area contributed by atoms with Crippen LogP contribution >= 0.6 is 0 Å². The number of Topliss-reactive ketones (excluding diaryl/α,β-unsaturated/α-hetero) is 1. The van der Waals surface area contributed by atoms with Crippen LogP contribution in [0.15, 0.2) is 0 Å². The van der Waals surface area contributed by atoms with E-state index < -0.39 is 0 Å². The van der Waals surface area contributed by atoms with Crippen LogP contribution in [0.25, 0.3) is 0 Å². The van der Waals surface area contributed by atoms with E-state index in [0.717, 1.165) is 45.2 Å². The van der Waals surface area contributed by atoms with Crippen LogP contribution in [-0.2, 0) is 9.59 Å². The molecule has 1 amide bonds. The predicted molar refractivity (Wildman–Crippen MR) is 56.1 cm³/mol. The van der Waals surface area contributed by atoms with E-state index in [1.165, 1.54) is 0 Å². The molecule has 0 aromatic heterocycles. The normalized spacial score (nSPS) is 31.6. The van der Waals surface area contributed by atoms with Gasteiger partial charge >= 0.3 is 0 Å². The fourth-order valence-electron chi connectivity index (χ4n) is 2.55. The lowest BCUT2D eigenvalue weighted by Gasteiger charge is -2.39. The summed E-state index contributed by atoms with van der Waals surface area (Å²) in [5, 5.41) is 0. The molecule has 15 heavy (non-hydrogen) atoms. The van der Waals surface area contributed by atoms with Gasteiger partial charge in [-0.3, -0.25) is 14.5 Å². The zero-order valence-corrected chi connectivity index (χ0v) is 8.95. The summed E-state index contributed by atoms with van der Waals surface area (Å²) in [4.78, 5) is 24.5. The molecule has 2 atom stereocenters. The number of nitrogens with zero attached hydrogens (tertiary/aromatic N) is 1. The van der Waals surface area contributed by atoms with Crippen molar-refractivity contribution in [2.45, 2.75) is 38.1 Å². The average molecular weight is 210 g/mol. The Labute approximate surface area is 89.8 Å². The Hall–Kier alpha value is -0.900. The monoisotopic (exact) mass is 210 g/mol. The predicted octanol–water partition coefficient (Wildman–Crippen LogP) is 0.305. The lowest BCUT2D eigenvalue weighted by atomic mass is 9.98. The zero-order valence-electron chi connectivity index (χ0n) is 8.95. The fraction of sp³-hybridized carbons (Fsp3) is 0.818. The summed E-state index contributed by atoms with van der Waals surface area (Å²) in [5.41, 5.74) is 5.25. The number of rotatable bonds is 4. The van der Waals surface area contributed by atoms with E-state index in [9.17, 15) is 9.59 Å². The van der Waals surface area contributed by atoms with Gasteiger partial charge in [0.1, 0.15) is 5.78 Å². The number of nitrogens with two attached hydrogens (primary N) is 1. The Morgan fingerprint density at radius 1 is 1.47 bits per heavy atom. The number of carbonyl (C=O) groups excluding carboxylic acids is 2. The minimum absolute atomic E-state index is 0.0681. The molecule has 1 aliphatic heterocycles. The van der Waals surface area contributed by atoms with Gasteiger partial charge in [0.25, 0.3) is 0 Å². The Balaban J connectivity index is 1.74. The quantitative estimate of drug-likeness (QED) is 0.726. The highest BCUT2D eigenvalue weighted by Crippen LogP contribution is 2.26. The average Bonchev–Trinajstić information content (AvgIpc) is 2.49. The molecule has 1 aliphatic carbocycles. The van der Waals surface area contributed by atoms with Crippen LogP contribution in [0, 0.1) is 5.92 Å². The van der Waals surface area contributed by atoms with Gasteiger partial charge in [-0.25, -0.2) is 0 Å². The number of hydrogen-bond acceptors (Lipinski definition) is 3. The molecule has 0 bridgehead atoms. The molecule has 2 rings (SSSR count). The number of ketones is 1. The molecule has 84 valence electrons. The summed E-state index contributed by atoms with van der Waals surface area (Å²) in [5.74, 6) is 0.435. The Morgan fingerprint density at radius 2 is 2.27 bits per heavy atom. The van der Waals surface area contributed by atoms with Gasteiger partial charge in [-0.15, -0.1) is 0 Å². The van der Waals surface area contributed by atoms with Crippen molar-refractivity contribution in [1.82, 2.24) is 4.90 Å². The summed E-state index contributed by atoms with van der Waals surface area (Å²) >= 11 is 0. The van der Waals surface area contributed by atoms with Gasteiger partial charge in [0.05, 0.1) is 6.04 Å². The van der Waals surface area contributed by atoms with E-state index in [1.807, 2.05) is 0 Å². The molecular weight excluding hydrogens is 192 g/mol. The first-order valence-electron chi connectivity index (χ1n) is 5.74. The van der Waals surface area contributed by atoms with Crippen molar-refractivity contribution < 1.29 is 9.59 Å². The first-order valence-corrected chi connectivity index (χ1v) is 5.74. The van der Waals surface area contributed by atoms with Crippen molar-refractivity contribution in [2.24, 2.45) is 11.7 Å². The van der Waals surface area contributed by atoms with Crippen LogP contribution in [0.2, 0.25) is 0 Å². The maximum atomic E-state index is 11.4. The molecule has 0 radical (unpaired) electrons. The smallest absolute Gasteiger partial charge is 0.234 e. The van der Waals surface area contributed by atoms with Crippen molar-refractivity contribution >= 4 is 11.7 Å². The summed E-state index contributed by atoms with van der Waals surface area (Å²) in [6, 6.07) is -0.0681. The third-order valence-corrected chi connectivity index (χ3v) is 3.65. The van der Waals surface area contributed by atoms with Gasteiger partial charge in [0, 0.05) is 18.9 Å². The van der Waals surface area contributed by atoms with Gasteiger partial charge in [0.15, 0.2) is 0 Å². The van der Waals surface area contributed by atoms with Crippen LogP contribution in [0.5, 0.6) is 0 Å². The van der Waals surface area contributed by atoms with Gasteiger partial charge in [-0.2, -0.15) is 0 Å². The minimum Gasteiger partial charge on any atom is -0.368 e. The highest BCUT2D eigenvalue weighted by Gasteiger charge is 2.33. The van der Waals surface area contributed by atoms with Gasteiger partial charge in [0.2, 0.25) is 5.91 Å². The minimum atomic E-state index is -0.223.